The Morgan fingerprint density at radius 3 is 2.56 bits per heavy atom. The second kappa shape index (κ2) is 17.2. The summed E-state index contributed by atoms with van der Waals surface area (Å²) in [5.74, 6) is -2.81. The lowest BCUT2D eigenvalue weighted by atomic mass is 9.84. The maximum Gasteiger partial charge on any atom is 0.324 e. The van der Waals surface area contributed by atoms with Gasteiger partial charge in [0.2, 0.25) is 5.91 Å². The number of amides is 3. The van der Waals surface area contributed by atoms with Crippen LogP contribution in [0.4, 0.5) is 4.39 Å². The number of cyclic esters (lactones) is 1. The number of phenolic OH excluding ortho intramolecular Hbond substituents is 1. The topological polar surface area (TPSA) is 155 Å². The Morgan fingerprint density at radius 1 is 1.11 bits per heavy atom. The van der Waals surface area contributed by atoms with Crippen LogP contribution in [0.25, 0.3) is 33.3 Å². The summed E-state index contributed by atoms with van der Waals surface area (Å²) in [7, 11) is 3.08. The van der Waals surface area contributed by atoms with E-state index >= 15 is 0 Å². The lowest BCUT2D eigenvalue weighted by Gasteiger charge is -2.37. The van der Waals surface area contributed by atoms with Gasteiger partial charge in [0.1, 0.15) is 23.9 Å². The summed E-state index contributed by atoms with van der Waals surface area (Å²) in [5.41, 5.74) is 7.44. The zero-order valence-electron chi connectivity index (χ0n) is 36.5. The first kappa shape index (κ1) is 43.7. The van der Waals surface area contributed by atoms with Crippen LogP contribution < -0.4 is 10.7 Å². The highest BCUT2D eigenvalue weighted by Crippen LogP contribution is 2.43. The van der Waals surface area contributed by atoms with Gasteiger partial charge >= 0.3 is 5.97 Å². The number of nitrogens with zero attached hydrogens (tertiary/aromatic N) is 4. The van der Waals surface area contributed by atoms with Crippen molar-refractivity contribution < 1.29 is 38.1 Å². The first-order valence-corrected chi connectivity index (χ1v) is 21.4. The molecule has 4 atom stereocenters. The van der Waals surface area contributed by atoms with E-state index in [9.17, 15) is 28.7 Å². The number of carbonyl (C=O) groups is 4. The number of carbonyl (C=O) groups excluding carboxylic acids is 4. The van der Waals surface area contributed by atoms with Gasteiger partial charge in [-0.05, 0) is 111 Å². The van der Waals surface area contributed by atoms with Crippen molar-refractivity contribution in [2.45, 2.75) is 117 Å². The Labute approximate surface area is 356 Å². The molecule has 4 aromatic rings. The minimum Gasteiger partial charge on any atom is -0.508 e. The molecule has 6 bridgehead atoms. The van der Waals surface area contributed by atoms with E-state index in [2.05, 4.69) is 54.3 Å². The fourth-order valence-electron chi connectivity index (χ4n) is 9.02. The number of aromatic nitrogens is 2. The number of phenols is 1. The van der Waals surface area contributed by atoms with Crippen LogP contribution in [-0.2, 0) is 48.0 Å². The van der Waals surface area contributed by atoms with Gasteiger partial charge in [-0.3, -0.25) is 29.2 Å². The van der Waals surface area contributed by atoms with E-state index in [0.717, 1.165) is 43.9 Å². The highest BCUT2D eigenvalue weighted by atomic mass is 19.1. The minimum absolute atomic E-state index is 0.0248. The van der Waals surface area contributed by atoms with Crippen molar-refractivity contribution in [2.75, 3.05) is 27.3 Å². The van der Waals surface area contributed by atoms with Gasteiger partial charge in [-0.25, -0.2) is 9.82 Å². The van der Waals surface area contributed by atoms with Crippen LogP contribution in [0.5, 0.6) is 5.75 Å². The van der Waals surface area contributed by atoms with Crippen molar-refractivity contribution in [1.29, 1.82) is 0 Å². The van der Waals surface area contributed by atoms with Crippen LogP contribution >= 0.6 is 0 Å². The van der Waals surface area contributed by atoms with Gasteiger partial charge in [0.05, 0.1) is 24.1 Å². The molecule has 1 saturated heterocycles. The monoisotopic (exact) mass is 838 g/mol. The van der Waals surface area contributed by atoms with Gasteiger partial charge in [-0.2, -0.15) is 0 Å². The van der Waals surface area contributed by atoms with Crippen LogP contribution in [0.2, 0.25) is 0 Å². The number of aryl methyl sites for hydroxylation is 1. The molecule has 326 valence electrons. The Bertz CT molecular complexity index is 2340. The number of hydrazine groups is 1. The van der Waals surface area contributed by atoms with E-state index in [1.165, 1.54) is 12.1 Å². The molecular formula is C47H59FN6O7. The maximum absolute atomic E-state index is 15.0. The molecule has 2 aromatic heterocycles. The number of methoxy groups -OCH3 is 1. The van der Waals surface area contributed by atoms with E-state index < -0.39 is 58.8 Å². The lowest BCUT2D eigenvalue weighted by Crippen LogP contribution is -2.62. The Balaban J connectivity index is 1.36. The number of esters is 1. The third-order valence-electron chi connectivity index (χ3n) is 12.4. The zero-order chi connectivity index (χ0) is 44.0. The highest BCUT2D eigenvalue weighted by molar-refractivity contribution is 5.97. The largest absolute Gasteiger partial charge is 0.508 e. The number of hydrogen-bond donors (Lipinski definition) is 3. The molecule has 1 aliphatic carbocycles. The van der Waals surface area contributed by atoms with E-state index in [4.69, 9.17) is 14.5 Å². The molecular weight excluding hydrogens is 780 g/mol. The summed E-state index contributed by atoms with van der Waals surface area (Å²) in [4.78, 5) is 61.6. The molecule has 0 unspecified atom stereocenters. The molecule has 13 nitrogen and oxygen atoms in total. The van der Waals surface area contributed by atoms with E-state index in [1.807, 2.05) is 25.1 Å². The second-order valence-corrected chi connectivity index (χ2v) is 18.1. The minimum atomic E-state index is -1.98. The smallest absolute Gasteiger partial charge is 0.324 e. The van der Waals surface area contributed by atoms with E-state index in [1.54, 1.807) is 39.3 Å². The van der Waals surface area contributed by atoms with Crippen LogP contribution in [0.3, 0.4) is 0 Å². The number of pyridine rings is 1. The number of benzene rings is 2. The molecule has 0 radical (unpaired) electrons. The summed E-state index contributed by atoms with van der Waals surface area (Å²) >= 11 is 0. The fourth-order valence-corrected chi connectivity index (χ4v) is 9.02. The summed E-state index contributed by atoms with van der Waals surface area (Å²) in [5, 5.41) is 16.5. The molecule has 2 fully saturated rings. The predicted molar refractivity (Wildman–Crippen MR) is 230 cm³/mol. The summed E-state index contributed by atoms with van der Waals surface area (Å²) in [6, 6.07) is 12.2. The number of alkyl halides is 1. The predicted octanol–water partition coefficient (Wildman–Crippen LogP) is 6.44. The van der Waals surface area contributed by atoms with E-state index in [0.29, 0.717) is 36.9 Å². The number of halogens is 1. The zero-order valence-corrected chi connectivity index (χ0v) is 36.5. The quantitative estimate of drug-likeness (QED) is 0.162. The number of likely N-dealkylation sites (N-methyl/N-ethyl adjacent to an activating group) is 1. The lowest BCUT2D eigenvalue weighted by molar-refractivity contribution is -0.155. The number of aromatic hydroxyl groups is 1. The number of nitrogens with one attached hydrogen (secondary N) is 2. The van der Waals surface area contributed by atoms with Crippen LogP contribution in [0.1, 0.15) is 90.2 Å². The molecule has 3 N–H and O–H groups in total. The summed E-state index contributed by atoms with van der Waals surface area (Å²) in [6.45, 7) is 12.8. The summed E-state index contributed by atoms with van der Waals surface area (Å²) < 4.78 is 29.1. The standard InChI is InChI=1S/C47H59FN6O7/c1-9-53-38-15-14-30-24-34(38)35(41(53)33-12-10-18-49-39(33)28(4)60-8)25-46(5,6)26-61-44(58)36-13-11-19-54(51-36)43(57)37(22-29-20-31(30)23-32(55)21-29)50-42(56)40(27(2)3)52(7)45(59)47(48)16-17-47/h10,12,14-15,18,20-21,23-24,27-28,36-37,40,51,55H,9,11,13,16-17,19,22,25-26H2,1-8H3,(H,50,56)/t28-,36+,37+,40+/m1/s1. The average Bonchev–Trinajstić information content (AvgIpc) is 3.92. The van der Waals surface area contributed by atoms with Crippen LogP contribution in [0.15, 0.2) is 54.7 Å². The van der Waals surface area contributed by atoms with Crippen molar-refractivity contribution in [3.63, 3.8) is 0 Å². The third kappa shape index (κ3) is 8.88. The number of rotatable bonds is 9. The third-order valence-corrected chi connectivity index (χ3v) is 12.4. The van der Waals surface area contributed by atoms with Gasteiger partial charge in [0.25, 0.3) is 11.8 Å². The average molecular weight is 839 g/mol. The van der Waals surface area contributed by atoms with Crippen LogP contribution in [-0.4, -0.2) is 99.4 Å². The van der Waals surface area contributed by atoms with Gasteiger partial charge in [-0.15, -0.1) is 0 Å². The highest BCUT2D eigenvalue weighted by Gasteiger charge is 2.54. The molecule has 2 aliphatic heterocycles. The van der Waals surface area contributed by atoms with Crippen LogP contribution in [0, 0.1) is 11.3 Å². The Morgan fingerprint density at radius 2 is 1.87 bits per heavy atom. The van der Waals surface area contributed by atoms with Crippen molar-refractivity contribution in [3.8, 4) is 28.1 Å². The first-order valence-electron chi connectivity index (χ1n) is 21.4. The molecule has 0 spiro atoms. The molecule has 3 amide bonds. The molecule has 61 heavy (non-hydrogen) atoms. The molecule has 4 heterocycles. The fraction of sp³-hybridized carbons (Fsp3) is 0.511. The van der Waals surface area contributed by atoms with E-state index in [-0.39, 0.29) is 44.3 Å². The molecule has 2 aromatic carbocycles. The maximum atomic E-state index is 15.0. The molecule has 3 aliphatic rings. The van der Waals surface area contributed by atoms with Crippen molar-refractivity contribution >= 4 is 34.6 Å². The van der Waals surface area contributed by atoms with Crippen molar-refractivity contribution in [3.05, 3.63) is 71.5 Å². The Hall–Kier alpha value is -5.34. The summed E-state index contributed by atoms with van der Waals surface area (Å²) in [6.07, 6.45) is 3.12. The number of ether oxygens (including phenoxy) is 2. The number of fused-ring (bicyclic) bond motifs is 6. The molecule has 1 saturated carbocycles. The van der Waals surface area contributed by atoms with Gasteiger partial charge < -0.3 is 29.4 Å². The van der Waals surface area contributed by atoms with Gasteiger partial charge in [-0.1, -0.05) is 39.8 Å². The van der Waals surface area contributed by atoms with Crippen molar-refractivity contribution in [1.82, 2.24) is 30.2 Å². The normalized spacial score (nSPS) is 21.0. The van der Waals surface area contributed by atoms with Gasteiger partial charge in [0, 0.05) is 61.7 Å². The van der Waals surface area contributed by atoms with Crippen molar-refractivity contribution in [2.24, 2.45) is 11.3 Å². The Kier molecular flexibility index (Phi) is 12.3. The molecule has 7 rings (SSSR count). The first-order chi connectivity index (χ1) is 28.9. The number of hydrogen-bond acceptors (Lipinski definition) is 9. The molecule has 14 heteroatoms. The van der Waals surface area contributed by atoms with Gasteiger partial charge in [0.15, 0.2) is 5.67 Å². The SMILES string of the molecule is CCn1c(-c2cccnc2[C@@H](C)OC)c2c3cc(ccc31)-c1cc(O)cc(c1)C[C@H](NC(=O)[C@H](C(C)C)N(C)C(=O)C1(F)CC1)C(=O)N1CCC[C@H](N1)C(=O)OCC(C)(C)C2. The second-order valence-electron chi connectivity index (χ2n) is 18.1.